The van der Waals surface area contributed by atoms with Gasteiger partial charge in [-0.25, -0.2) is 0 Å². The molecule has 85 valence electrons. The van der Waals surface area contributed by atoms with E-state index in [9.17, 15) is 4.79 Å². The summed E-state index contributed by atoms with van der Waals surface area (Å²) in [5.74, 6) is -0.198. The monoisotopic (exact) mass is 217 g/mol. The molecular formula is C13H17N2O. The summed E-state index contributed by atoms with van der Waals surface area (Å²) in [6, 6.07) is 3.84. The molecule has 1 aromatic heterocycles. The average Bonchev–Trinajstić information content (AvgIpc) is 2.31. The normalized spacial score (nSPS) is 19.2. The lowest BCUT2D eigenvalue weighted by atomic mass is 9.70. The SMILES string of the molecule is NC(=O)C1([CH]c2cccnc2)CCCCC1. The van der Waals surface area contributed by atoms with Gasteiger partial charge in [0.15, 0.2) is 0 Å². The molecule has 1 heterocycles. The minimum atomic E-state index is -0.443. The van der Waals surface area contributed by atoms with Crippen LogP contribution >= 0.6 is 0 Å². The Bertz CT molecular complexity index is 355. The smallest absolute Gasteiger partial charge is 0.224 e. The minimum absolute atomic E-state index is 0.198. The van der Waals surface area contributed by atoms with Gasteiger partial charge in [-0.3, -0.25) is 9.78 Å². The third kappa shape index (κ3) is 2.23. The van der Waals surface area contributed by atoms with E-state index < -0.39 is 5.41 Å². The van der Waals surface area contributed by atoms with E-state index in [-0.39, 0.29) is 5.91 Å². The second kappa shape index (κ2) is 4.64. The first-order chi connectivity index (χ1) is 7.73. The number of primary amides is 1. The van der Waals surface area contributed by atoms with Gasteiger partial charge in [0, 0.05) is 18.8 Å². The minimum Gasteiger partial charge on any atom is -0.369 e. The standard InChI is InChI=1S/C13H17N2O/c14-12(16)13(6-2-1-3-7-13)9-11-5-4-8-15-10-11/h4-5,8-10H,1-3,6-7H2,(H2,14,16). The molecule has 3 heteroatoms. The Hall–Kier alpha value is -1.38. The number of rotatable bonds is 3. The van der Waals surface area contributed by atoms with Gasteiger partial charge in [0.1, 0.15) is 0 Å². The molecule has 0 spiro atoms. The molecule has 3 nitrogen and oxygen atoms in total. The predicted octanol–water partition coefficient (Wildman–Crippen LogP) is 2.07. The van der Waals surface area contributed by atoms with Crippen molar-refractivity contribution in [1.82, 2.24) is 4.98 Å². The van der Waals surface area contributed by atoms with E-state index >= 15 is 0 Å². The van der Waals surface area contributed by atoms with Gasteiger partial charge in [-0.05, 0) is 24.5 Å². The Morgan fingerprint density at radius 1 is 1.38 bits per heavy atom. The summed E-state index contributed by atoms with van der Waals surface area (Å²) in [5, 5.41) is 0. The van der Waals surface area contributed by atoms with Crippen molar-refractivity contribution in [3.63, 3.8) is 0 Å². The summed E-state index contributed by atoms with van der Waals surface area (Å²) in [5.41, 5.74) is 6.11. The number of nitrogens with two attached hydrogens (primary N) is 1. The van der Waals surface area contributed by atoms with Gasteiger partial charge in [0.2, 0.25) is 5.91 Å². The third-order valence-electron chi connectivity index (χ3n) is 3.36. The Labute approximate surface area is 96.1 Å². The van der Waals surface area contributed by atoms with Crippen molar-refractivity contribution in [2.45, 2.75) is 32.1 Å². The first-order valence-corrected chi connectivity index (χ1v) is 5.79. The van der Waals surface area contributed by atoms with Gasteiger partial charge in [0.05, 0.1) is 5.41 Å². The summed E-state index contributed by atoms with van der Waals surface area (Å²) < 4.78 is 0. The van der Waals surface area contributed by atoms with Crippen molar-refractivity contribution in [2.75, 3.05) is 0 Å². The fraction of sp³-hybridized carbons (Fsp3) is 0.462. The Morgan fingerprint density at radius 2 is 2.12 bits per heavy atom. The number of carbonyl (C=O) groups excluding carboxylic acids is 1. The third-order valence-corrected chi connectivity index (χ3v) is 3.36. The summed E-state index contributed by atoms with van der Waals surface area (Å²) >= 11 is 0. The molecule has 0 atom stereocenters. The molecule has 0 bridgehead atoms. The van der Waals surface area contributed by atoms with Gasteiger partial charge in [0.25, 0.3) is 0 Å². The number of carbonyl (C=O) groups is 1. The van der Waals surface area contributed by atoms with Crippen molar-refractivity contribution in [3.8, 4) is 0 Å². The molecule has 0 saturated heterocycles. The Balaban J connectivity index is 2.17. The highest BCUT2D eigenvalue weighted by molar-refractivity contribution is 5.83. The van der Waals surface area contributed by atoms with Crippen LogP contribution in [0.2, 0.25) is 0 Å². The topological polar surface area (TPSA) is 56.0 Å². The van der Waals surface area contributed by atoms with Gasteiger partial charge < -0.3 is 5.73 Å². The predicted molar refractivity (Wildman–Crippen MR) is 62.4 cm³/mol. The second-order valence-electron chi connectivity index (χ2n) is 4.51. The summed E-state index contributed by atoms with van der Waals surface area (Å²) in [7, 11) is 0. The molecule has 1 radical (unpaired) electrons. The quantitative estimate of drug-likeness (QED) is 0.842. The molecule has 1 saturated carbocycles. The van der Waals surface area contributed by atoms with Crippen LogP contribution in [0, 0.1) is 11.8 Å². The lowest BCUT2D eigenvalue weighted by molar-refractivity contribution is -0.127. The fourth-order valence-electron chi connectivity index (χ4n) is 2.42. The zero-order valence-electron chi connectivity index (χ0n) is 9.36. The van der Waals surface area contributed by atoms with E-state index in [1.807, 2.05) is 18.6 Å². The van der Waals surface area contributed by atoms with Crippen molar-refractivity contribution >= 4 is 5.91 Å². The lowest BCUT2D eigenvalue weighted by Crippen LogP contribution is -2.39. The molecule has 2 rings (SSSR count). The van der Waals surface area contributed by atoms with Crippen LogP contribution in [0.4, 0.5) is 0 Å². The van der Waals surface area contributed by atoms with Crippen LogP contribution in [0.3, 0.4) is 0 Å². The van der Waals surface area contributed by atoms with Crippen molar-refractivity contribution < 1.29 is 4.79 Å². The molecule has 1 amide bonds. The number of hydrogen-bond acceptors (Lipinski definition) is 2. The Morgan fingerprint density at radius 3 is 2.69 bits per heavy atom. The molecular weight excluding hydrogens is 200 g/mol. The van der Waals surface area contributed by atoms with Crippen molar-refractivity contribution in [1.29, 1.82) is 0 Å². The molecule has 1 aliphatic rings. The molecule has 1 aliphatic carbocycles. The first-order valence-electron chi connectivity index (χ1n) is 5.79. The molecule has 1 fully saturated rings. The number of pyridine rings is 1. The van der Waals surface area contributed by atoms with Crippen LogP contribution in [-0.4, -0.2) is 10.9 Å². The van der Waals surface area contributed by atoms with Crippen LogP contribution in [0.25, 0.3) is 0 Å². The van der Waals surface area contributed by atoms with E-state index in [2.05, 4.69) is 4.98 Å². The molecule has 2 N–H and O–H groups in total. The Kier molecular flexibility index (Phi) is 3.22. The van der Waals surface area contributed by atoms with Gasteiger partial charge in [-0.1, -0.05) is 25.3 Å². The lowest BCUT2D eigenvalue weighted by Gasteiger charge is -2.33. The van der Waals surface area contributed by atoms with Crippen LogP contribution in [0.5, 0.6) is 0 Å². The molecule has 0 aliphatic heterocycles. The number of nitrogens with zero attached hydrogens (tertiary/aromatic N) is 1. The highest BCUT2D eigenvalue weighted by Gasteiger charge is 2.38. The zero-order valence-corrected chi connectivity index (χ0v) is 9.36. The molecule has 0 aromatic carbocycles. The van der Waals surface area contributed by atoms with Crippen LogP contribution < -0.4 is 5.73 Å². The first kappa shape index (κ1) is 11.1. The molecule has 0 unspecified atom stereocenters. The summed E-state index contributed by atoms with van der Waals surface area (Å²) in [6.07, 6.45) is 10.6. The van der Waals surface area contributed by atoms with E-state index in [1.165, 1.54) is 6.42 Å². The maximum absolute atomic E-state index is 11.7. The number of aromatic nitrogens is 1. The van der Waals surface area contributed by atoms with E-state index in [1.54, 1.807) is 12.4 Å². The molecule has 1 aromatic rings. The molecule has 16 heavy (non-hydrogen) atoms. The van der Waals surface area contributed by atoms with Gasteiger partial charge in [-0.15, -0.1) is 0 Å². The van der Waals surface area contributed by atoms with Crippen LogP contribution in [-0.2, 0) is 4.79 Å². The van der Waals surface area contributed by atoms with Crippen molar-refractivity contribution in [3.05, 3.63) is 36.5 Å². The largest absolute Gasteiger partial charge is 0.369 e. The van der Waals surface area contributed by atoms with Gasteiger partial charge in [-0.2, -0.15) is 0 Å². The van der Waals surface area contributed by atoms with Crippen LogP contribution in [0.15, 0.2) is 24.5 Å². The maximum Gasteiger partial charge on any atom is 0.224 e. The van der Waals surface area contributed by atoms with E-state index in [0.717, 1.165) is 31.2 Å². The summed E-state index contributed by atoms with van der Waals surface area (Å²) in [6.45, 7) is 0. The van der Waals surface area contributed by atoms with Crippen LogP contribution in [0.1, 0.15) is 37.7 Å². The highest BCUT2D eigenvalue weighted by atomic mass is 16.1. The van der Waals surface area contributed by atoms with Crippen molar-refractivity contribution in [2.24, 2.45) is 11.1 Å². The fourth-order valence-corrected chi connectivity index (χ4v) is 2.42. The second-order valence-corrected chi connectivity index (χ2v) is 4.51. The van der Waals surface area contributed by atoms with Gasteiger partial charge >= 0.3 is 0 Å². The van der Waals surface area contributed by atoms with E-state index in [4.69, 9.17) is 5.73 Å². The summed E-state index contributed by atoms with van der Waals surface area (Å²) in [4.78, 5) is 15.7. The number of hydrogen-bond donors (Lipinski definition) is 1. The van der Waals surface area contributed by atoms with E-state index in [0.29, 0.717) is 0 Å². The number of amides is 1. The maximum atomic E-state index is 11.7. The highest BCUT2D eigenvalue weighted by Crippen LogP contribution is 2.40. The average molecular weight is 217 g/mol. The zero-order chi connectivity index (χ0) is 11.4.